The third kappa shape index (κ3) is 5.58. The lowest BCUT2D eigenvalue weighted by Crippen LogP contribution is -2.27. The summed E-state index contributed by atoms with van der Waals surface area (Å²) in [5.41, 5.74) is 3.72. The van der Waals surface area contributed by atoms with Crippen LogP contribution in [0.2, 0.25) is 0 Å². The van der Waals surface area contributed by atoms with Crippen LogP contribution >= 0.6 is 11.3 Å². The molecule has 0 bridgehead atoms. The molecule has 0 saturated heterocycles. The number of ether oxygens (including phenoxy) is 2. The van der Waals surface area contributed by atoms with E-state index in [1.165, 1.54) is 18.4 Å². The number of amides is 1. The molecule has 178 valence electrons. The van der Waals surface area contributed by atoms with E-state index >= 15 is 0 Å². The van der Waals surface area contributed by atoms with E-state index in [4.69, 9.17) is 14.5 Å². The number of hydrogen-bond acceptors (Lipinski definition) is 6. The van der Waals surface area contributed by atoms with E-state index in [9.17, 15) is 9.59 Å². The van der Waals surface area contributed by atoms with Gasteiger partial charge in [-0.15, -0.1) is 11.3 Å². The van der Waals surface area contributed by atoms with Crippen molar-refractivity contribution in [2.75, 3.05) is 18.6 Å². The van der Waals surface area contributed by atoms with Gasteiger partial charge < -0.3 is 9.47 Å². The number of carbonyl (C=O) groups is 2. The zero-order valence-electron chi connectivity index (χ0n) is 19.9. The fourth-order valence-corrected chi connectivity index (χ4v) is 4.67. The Kier molecular flexibility index (Phi) is 7.57. The highest BCUT2D eigenvalue weighted by Crippen LogP contribution is 2.37. The number of methoxy groups -OCH3 is 1. The second-order valence-corrected chi connectivity index (χ2v) is 8.97. The second-order valence-electron chi connectivity index (χ2n) is 7.79. The zero-order valence-corrected chi connectivity index (χ0v) is 20.7. The van der Waals surface area contributed by atoms with Gasteiger partial charge in [-0.1, -0.05) is 30.3 Å². The van der Waals surface area contributed by atoms with E-state index in [0.29, 0.717) is 23.0 Å². The summed E-state index contributed by atoms with van der Waals surface area (Å²) >= 11 is 1.45. The normalized spacial score (nSPS) is 10.6. The van der Waals surface area contributed by atoms with Gasteiger partial charge in [0.15, 0.2) is 5.13 Å². The van der Waals surface area contributed by atoms with E-state index in [1.807, 2.05) is 68.4 Å². The van der Waals surface area contributed by atoms with Crippen molar-refractivity contribution in [2.45, 2.75) is 20.3 Å². The highest BCUT2D eigenvalue weighted by molar-refractivity contribution is 7.16. The Hall–Kier alpha value is -3.97. The Balaban J connectivity index is 1.71. The van der Waals surface area contributed by atoms with Crippen LogP contribution in [0.3, 0.4) is 0 Å². The lowest BCUT2D eigenvalue weighted by atomic mass is 10.1. The maximum Gasteiger partial charge on any atom is 0.337 e. The first-order valence-electron chi connectivity index (χ1n) is 11.3. The summed E-state index contributed by atoms with van der Waals surface area (Å²) in [6, 6.07) is 24.2. The van der Waals surface area contributed by atoms with Crippen molar-refractivity contribution in [2.24, 2.45) is 0 Å². The number of aryl methyl sites for hydroxylation is 1. The smallest absolute Gasteiger partial charge is 0.337 e. The van der Waals surface area contributed by atoms with Crippen molar-refractivity contribution in [3.8, 4) is 17.0 Å². The van der Waals surface area contributed by atoms with Crippen molar-refractivity contribution in [3.05, 3.63) is 94.9 Å². The van der Waals surface area contributed by atoms with Gasteiger partial charge in [0.25, 0.3) is 0 Å². The van der Waals surface area contributed by atoms with Gasteiger partial charge >= 0.3 is 5.97 Å². The first-order chi connectivity index (χ1) is 17.0. The number of hydrogen-bond donors (Lipinski definition) is 0. The zero-order chi connectivity index (χ0) is 24.8. The van der Waals surface area contributed by atoms with Crippen LogP contribution in [0.1, 0.15) is 27.7 Å². The summed E-state index contributed by atoms with van der Waals surface area (Å²) in [6.07, 6.45) is 0.219. The summed E-state index contributed by atoms with van der Waals surface area (Å²) < 4.78 is 10.3. The monoisotopic (exact) mass is 486 g/mol. The number of esters is 1. The average Bonchev–Trinajstić information content (AvgIpc) is 3.26. The largest absolute Gasteiger partial charge is 0.494 e. The lowest BCUT2D eigenvalue weighted by Gasteiger charge is -2.20. The summed E-state index contributed by atoms with van der Waals surface area (Å²) in [7, 11) is 1.34. The summed E-state index contributed by atoms with van der Waals surface area (Å²) in [5, 5.41) is 0.568. The highest BCUT2D eigenvalue weighted by atomic mass is 32.1. The number of nitrogens with zero attached hydrogens (tertiary/aromatic N) is 2. The summed E-state index contributed by atoms with van der Waals surface area (Å²) in [4.78, 5) is 32.9. The SMILES string of the molecule is CCOc1ccc(-c2nc(N(C(=O)Cc3ccccc3)c3ccc(C(=O)OC)cc3)sc2C)cc1. The number of rotatable bonds is 8. The van der Waals surface area contributed by atoms with Gasteiger partial charge in [-0.25, -0.2) is 9.78 Å². The van der Waals surface area contributed by atoms with E-state index in [2.05, 4.69) is 0 Å². The van der Waals surface area contributed by atoms with Gasteiger partial charge in [0.1, 0.15) is 5.75 Å². The van der Waals surface area contributed by atoms with Gasteiger partial charge in [0.05, 0.1) is 37.1 Å². The molecule has 0 aliphatic heterocycles. The molecule has 0 N–H and O–H groups in total. The van der Waals surface area contributed by atoms with Gasteiger partial charge in [-0.2, -0.15) is 0 Å². The first-order valence-corrected chi connectivity index (χ1v) is 12.1. The quantitative estimate of drug-likeness (QED) is 0.277. The van der Waals surface area contributed by atoms with Gasteiger partial charge in [0, 0.05) is 10.4 Å². The van der Waals surface area contributed by atoms with Crippen molar-refractivity contribution in [1.82, 2.24) is 4.98 Å². The Morgan fingerprint density at radius 2 is 1.63 bits per heavy atom. The predicted molar refractivity (Wildman–Crippen MR) is 139 cm³/mol. The molecule has 1 aromatic heterocycles. The lowest BCUT2D eigenvalue weighted by molar-refractivity contribution is -0.117. The molecular formula is C28H26N2O4S. The number of thiazole rings is 1. The van der Waals surface area contributed by atoms with Crippen LogP contribution < -0.4 is 9.64 Å². The molecule has 0 aliphatic rings. The molecule has 0 aliphatic carbocycles. The molecule has 0 spiro atoms. The number of carbonyl (C=O) groups excluding carboxylic acids is 2. The third-order valence-electron chi connectivity index (χ3n) is 5.41. The molecule has 4 aromatic rings. The molecule has 0 saturated carbocycles. The standard InChI is InChI=1S/C28H26N2O4S/c1-4-34-24-16-12-21(13-17-24)26-19(2)35-28(29-26)30(25(31)18-20-8-6-5-7-9-20)23-14-10-22(11-15-23)27(32)33-3/h5-17H,4,18H2,1-3H3. The van der Waals surface area contributed by atoms with Crippen LogP contribution in [0, 0.1) is 6.92 Å². The maximum atomic E-state index is 13.5. The van der Waals surface area contributed by atoms with E-state index in [0.717, 1.165) is 27.4 Å². The van der Waals surface area contributed by atoms with Crippen molar-refractivity contribution < 1.29 is 19.1 Å². The summed E-state index contributed by atoms with van der Waals surface area (Å²) in [6.45, 7) is 4.54. The predicted octanol–water partition coefficient (Wildman–Crippen LogP) is 6.21. The highest BCUT2D eigenvalue weighted by Gasteiger charge is 2.24. The minimum Gasteiger partial charge on any atom is -0.494 e. The van der Waals surface area contributed by atoms with E-state index in [1.54, 1.807) is 29.2 Å². The van der Waals surface area contributed by atoms with Gasteiger partial charge in [-0.3, -0.25) is 9.69 Å². The number of anilines is 2. The molecule has 4 rings (SSSR count). The van der Waals surface area contributed by atoms with Gasteiger partial charge in [-0.05, 0) is 67.9 Å². The molecule has 0 unspecified atom stereocenters. The fraction of sp³-hybridized carbons (Fsp3) is 0.179. The third-order valence-corrected chi connectivity index (χ3v) is 6.37. The molecule has 0 radical (unpaired) electrons. The number of benzene rings is 3. The molecule has 3 aromatic carbocycles. The molecule has 0 fully saturated rings. The Morgan fingerprint density at radius 3 is 2.26 bits per heavy atom. The second kappa shape index (κ2) is 11.0. The van der Waals surface area contributed by atoms with Crippen LogP contribution in [0.5, 0.6) is 5.75 Å². The Bertz CT molecular complexity index is 1300. The minimum atomic E-state index is -0.429. The Labute approximate surface area is 208 Å². The van der Waals surface area contributed by atoms with Crippen LogP contribution in [-0.2, 0) is 16.0 Å². The topological polar surface area (TPSA) is 68.7 Å². The summed E-state index contributed by atoms with van der Waals surface area (Å²) in [5.74, 6) is 0.255. The minimum absolute atomic E-state index is 0.117. The number of aromatic nitrogens is 1. The maximum absolute atomic E-state index is 13.5. The molecule has 1 heterocycles. The van der Waals surface area contributed by atoms with Crippen LogP contribution in [0.4, 0.5) is 10.8 Å². The van der Waals surface area contributed by atoms with Crippen molar-refractivity contribution >= 4 is 34.0 Å². The van der Waals surface area contributed by atoms with Crippen LogP contribution in [-0.4, -0.2) is 30.6 Å². The van der Waals surface area contributed by atoms with Gasteiger partial charge in [0.2, 0.25) is 5.91 Å². The molecule has 6 nitrogen and oxygen atoms in total. The average molecular weight is 487 g/mol. The van der Waals surface area contributed by atoms with Crippen molar-refractivity contribution in [3.63, 3.8) is 0 Å². The molecule has 7 heteroatoms. The molecule has 35 heavy (non-hydrogen) atoms. The van der Waals surface area contributed by atoms with Crippen LogP contribution in [0.25, 0.3) is 11.3 Å². The van der Waals surface area contributed by atoms with E-state index in [-0.39, 0.29) is 12.3 Å². The molecule has 0 atom stereocenters. The van der Waals surface area contributed by atoms with E-state index < -0.39 is 5.97 Å². The molecule has 1 amide bonds. The molecular weight excluding hydrogens is 460 g/mol. The van der Waals surface area contributed by atoms with Crippen molar-refractivity contribution in [1.29, 1.82) is 0 Å². The fourth-order valence-electron chi connectivity index (χ4n) is 3.70. The first kappa shape index (κ1) is 24.2. The van der Waals surface area contributed by atoms with Crippen LogP contribution in [0.15, 0.2) is 78.9 Å². The Morgan fingerprint density at radius 1 is 0.943 bits per heavy atom.